The number of nitrogens with one attached hydrogen (secondary N) is 1. The second-order valence-corrected chi connectivity index (χ2v) is 6.45. The highest BCUT2D eigenvalue weighted by atomic mass is 16.5. The highest BCUT2D eigenvalue weighted by Crippen LogP contribution is 2.18. The average molecular weight is 308 g/mol. The van der Waals surface area contributed by atoms with Gasteiger partial charge in [0.25, 0.3) is 0 Å². The molecule has 0 saturated carbocycles. The number of nitrogens with zero attached hydrogens (tertiary/aromatic N) is 1. The zero-order chi connectivity index (χ0) is 16.6. The van der Waals surface area contributed by atoms with E-state index in [2.05, 4.69) is 26.1 Å². The topological polar surface area (TPSA) is 61.8 Å². The summed E-state index contributed by atoms with van der Waals surface area (Å²) in [6.45, 7) is 10.1. The van der Waals surface area contributed by atoms with E-state index in [0.29, 0.717) is 26.1 Å². The van der Waals surface area contributed by atoms with Crippen molar-refractivity contribution in [3.8, 4) is 5.75 Å². The minimum absolute atomic E-state index is 0.00557. The van der Waals surface area contributed by atoms with Crippen LogP contribution in [-0.4, -0.2) is 42.3 Å². The van der Waals surface area contributed by atoms with Crippen LogP contribution >= 0.6 is 0 Å². The Morgan fingerprint density at radius 3 is 2.41 bits per heavy atom. The van der Waals surface area contributed by atoms with Crippen LogP contribution in [0.2, 0.25) is 0 Å². The summed E-state index contributed by atoms with van der Waals surface area (Å²) < 4.78 is 5.38. The van der Waals surface area contributed by atoms with Crippen LogP contribution in [0.4, 0.5) is 10.5 Å². The van der Waals surface area contributed by atoms with Crippen LogP contribution in [0.25, 0.3) is 0 Å². The highest BCUT2D eigenvalue weighted by Gasteiger charge is 2.20. The van der Waals surface area contributed by atoms with E-state index >= 15 is 0 Å². The van der Waals surface area contributed by atoms with E-state index in [-0.39, 0.29) is 18.1 Å². The molecule has 1 aromatic rings. The Bertz CT molecular complexity index is 452. The Hall–Kier alpha value is -1.75. The molecule has 0 atom stereocenters. The number of benzene rings is 1. The summed E-state index contributed by atoms with van der Waals surface area (Å²) in [7, 11) is 0. The molecule has 1 rings (SSSR count). The van der Waals surface area contributed by atoms with Crippen molar-refractivity contribution in [2.75, 3.05) is 31.6 Å². The fraction of sp³-hybridized carbons (Fsp3) is 0.588. The number of hydrogen-bond acceptors (Lipinski definition) is 3. The molecule has 2 N–H and O–H groups in total. The molecular formula is C17H28N2O3. The summed E-state index contributed by atoms with van der Waals surface area (Å²) >= 11 is 0. The van der Waals surface area contributed by atoms with Gasteiger partial charge in [-0.2, -0.15) is 0 Å². The van der Waals surface area contributed by atoms with Crippen molar-refractivity contribution in [1.29, 1.82) is 0 Å². The standard InChI is InChI=1S/C17H28N2O3/c1-5-22-15-9-7-14(8-10-15)18-16(21)19(11-6-12-20)13-17(2,3)4/h7-10,20H,5-6,11-13H2,1-4H3,(H,18,21). The summed E-state index contributed by atoms with van der Waals surface area (Å²) in [5.41, 5.74) is 0.738. The maximum absolute atomic E-state index is 12.4. The number of aliphatic hydroxyl groups is 1. The lowest BCUT2D eigenvalue weighted by Gasteiger charge is -2.30. The monoisotopic (exact) mass is 308 g/mol. The number of amides is 2. The Balaban J connectivity index is 2.68. The van der Waals surface area contributed by atoms with Gasteiger partial charge in [-0.1, -0.05) is 20.8 Å². The van der Waals surface area contributed by atoms with Crippen LogP contribution in [-0.2, 0) is 0 Å². The Labute approximate surface area is 133 Å². The lowest BCUT2D eigenvalue weighted by Crippen LogP contribution is -2.41. The Morgan fingerprint density at radius 2 is 1.91 bits per heavy atom. The third-order valence-electron chi connectivity index (χ3n) is 2.96. The summed E-state index contributed by atoms with van der Waals surface area (Å²) in [5.74, 6) is 0.785. The van der Waals surface area contributed by atoms with Gasteiger partial charge in [-0.15, -0.1) is 0 Å². The molecule has 2 amide bonds. The normalized spacial score (nSPS) is 11.1. The zero-order valence-electron chi connectivity index (χ0n) is 14.1. The molecule has 0 aliphatic heterocycles. The van der Waals surface area contributed by atoms with E-state index in [9.17, 15) is 4.79 Å². The van der Waals surface area contributed by atoms with E-state index in [1.165, 1.54) is 0 Å². The fourth-order valence-corrected chi connectivity index (χ4v) is 2.09. The molecule has 0 radical (unpaired) electrons. The van der Waals surface area contributed by atoms with Gasteiger partial charge in [-0.05, 0) is 43.0 Å². The van der Waals surface area contributed by atoms with Crippen molar-refractivity contribution in [3.05, 3.63) is 24.3 Å². The molecule has 5 nitrogen and oxygen atoms in total. The molecule has 0 saturated heterocycles. The fourth-order valence-electron chi connectivity index (χ4n) is 2.09. The molecule has 0 aromatic heterocycles. The second kappa shape index (κ2) is 8.63. The average Bonchev–Trinajstić information content (AvgIpc) is 2.44. The molecule has 5 heteroatoms. The van der Waals surface area contributed by atoms with Crippen molar-refractivity contribution in [2.45, 2.75) is 34.1 Å². The smallest absolute Gasteiger partial charge is 0.321 e. The predicted molar refractivity (Wildman–Crippen MR) is 89.4 cm³/mol. The number of ether oxygens (including phenoxy) is 1. The van der Waals surface area contributed by atoms with Gasteiger partial charge in [0.05, 0.1) is 6.61 Å². The van der Waals surface area contributed by atoms with Gasteiger partial charge in [0.1, 0.15) is 5.75 Å². The summed E-state index contributed by atoms with van der Waals surface area (Å²) in [5, 5.41) is 11.9. The minimum Gasteiger partial charge on any atom is -0.494 e. The van der Waals surface area contributed by atoms with Crippen molar-refractivity contribution in [1.82, 2.24) is 4.90 Å². The number of carbonyl (C=O) groups excluding carboxylic acids is 1. The van der Waals surface area contributed by atoms with Crippen molar-refractivity contribution in [3.63, 3.8) is 0 Å². The molecular weight excluding hydrogens is 280 g/mol. The quantitative estimate of drug-likeness (QED) is 0.812. The molecule has 0 heterocycles. The van der Waals surface area contributed by atoms with Gasteiger partial charge in [0, 0.05) is 25.4 Å². The van der Waals surface area contributed by atoms with Gasteiger partial charge in [-0.25, -0.2) is 4.79 Å². The number of aliphatic hydroxyl groups excluding tert-OH is 1. The zero-order valence-corrected chi connectivity index (χ0v) is 14.1. The SMILES string of the molecule is CCOc1ccc(NC(=O)N(CCCO)CC(C)(C)C)cc1. The maximum Gasteiger partial charge on any atom is 0.321 e. The number of anilines is 1. The molecule has 0 spiro atoms. The highest BCUT2D eigenvalue weighted by molar-refractivity contribution is 5.89. The molecule has 1 aromatic carbocycles. The summed E-state index contributed by atoms with van der Waals surface area (Å²) in [6, 6.07) is 7.17. The molecule has 0 aliphatic rings. The van der Waals surface area contributed by atoms with Crippen LogP contribution in [0.15, 0.2) is 24.3 Å². The van der Waals surface area contributed by atoms with Crippen LogP contribution in [0.1, 0.15) is 34.1 Å². The first-order valence-corrected chi connectivity index (χ1v) is 7.75. The van der Waals surface area contributed by atoms with Gasteiger partial charge in [-0.3, -0.25) is 0 Å². The first kappa shape index (κ1) is 18.3. The van der Waals surface area contributed by atoms with E-state index in [0.717, 1.165) is 11.4 Å². The molecule has 0 aliphatic carbocycles. The number of urea groups is 1. The molecule has 0 bridgehead atoms. The largest absolute Gasteiger partial charge is 0.494 e. The molecule has 124 valence electrons. The van der Waals surface area contributed by atoms with E-state index in [1.807, 2.05) is 31.2 Å². The Kier molecular flexibility index (Phi) is 7.18. The number of hydrogen-bond donors (Lipinski definition) is 2. The summed E-state index contributed by atoms with van der Waals surface area (Å²) in [4.78, 5) is 14.2. The number of rotatable bonds is 7. The lowest BCUT2D eigenvalue weighted by atomic mass is 9.96. The first-order chi connectivity index (χ1) is 10.4. The molecule has 0 unspecified atom stereocenters. The molecule has 22 heavy (non-hydrogen) atoms. The van der Waals surface area contributed by atoms with Crippen LogP contribution in [0.5, 0.6) is 5.75 Å². The van der Waals surface area contributed by atoms with Gasteiger partial charge in [0.2, 0.25) is 0 Å². The third kappa shape index (κ3) is 6.80. The van der Waals surface area contributed by atoms with Gasteiger partial charge < -0.3 is 20.1 Å². The van der Waals surface area contributed by atoms with Gasteiger partial charge in [0.15, 0.2) is 0 Å². The third-order valence-corrected chi connectivity index (χ3v) is 2.96. The first-order valence-electron chi connectivity index (χ1n) is 7.75. The maximum atomic E-state index is 12.4. The number of carbonyl (C=O) groups is 1. The van der Waals surface area contributed by atoms with Gasteiger partial charge >= 0.3 is 6.03 Å². The summed E-state index contributed by atoms with van der Waals surface area (Å²) in [6.07, 6.45) is 0.576. The van der Waals surface area contributed by atoms with Crippen molar-refractivity contribution >= 4 is 11.7 Å². The minimum atomic E-state index is -0.146. The second-order valence-electron chi connectivity index (χ2n) is 6.45. The van der Waals surface area contributed by atoms with Crippen molar-refractivity contribution in [2.24, 2.45) is 5.41 Å². The van der Waals surface area contributed by atoms with E-state index < -0.39 is 0 Å². The van der Waals surface area contributed by atoms with E-state index in [1.54, 1.807) is 4.90 Å². The van der Waals surface area contributed by atoms with E-state index in [4.69, 9.17) is 9.84 Å². The molecule has 0 fully saturated rings. The van der Waals surface area contributed by atoms with Crippen molar-refractivity contribution < 1.29 is 14.6 Å². The van der Waals surface area contributed by atoms with Crippen LogP contribution < -0.4 is 10.1 Å². The lowest BCUT2D eigenvalue weighted by molar-refractivity contribution is 0.176. The van der Waals surface area contributed by atoms with Crippen LogP contribution in [0, 0.1) is 5.41 Å². The predicted octanol–water partition coefficient (Wildman–Crippen LogP) is 3.35. The van der Waals surface area contributed by atoms with Crippen LogP contribution in [0.3, 0.4) is 0 Å². The Morgan fingerprint density at radius 1 is 1.27 bits per heavy atom.